The quantitative estimate of drug-likeness (QED) is 0.681. The molecular weight excluding hydrogens is 450 g/mol. The molecule has 2 aromatic rings. The Bertz CT molecular complexity index is 1080. The first-order valence-corrected chi connectivity index (χ1v) is 11.8. The lowest BCUT2D eigenvalue weighted by Gasteiger charge is -2.39. The van der Waals surface area contributed by atoms with Crippen LogP contribution in [0.2, 0.25) is 0 Å². The van der Waals surface area contributed by atoms with Crippen LogP contribution in [0, 0.1) is 5.92 Å². The second-order valence-corrected chi connectivity index (χ2v) is 9.04. The number of nitrogens with one attached hydrogen (secondary N) is 2. The van der Waals surface area contributed by atoms with Crippen molar-refractivity contribution in [3.05, 3.63) is 53.6 Å². The predicted octanol–water partition coefficient (Wildman–Crippen LogP) is 2.14. The molecule has 186 valence electrons. The van der Waals surface area contributed by atoms with E-state index in [1.807, 2.05) is 38.1 Å². The third kappa shape index (κ3) is 5.85. The SMILES string of the molecule is COc1ccc2cc1OCC(=O)NCc1ccc(cc1)O[C@@H]1CCN(C(=O)C(C)C)C[C@@H]1NC2=O. The Morgan fingerprint density at radius 3 is 2.63 bits per heavy atom. The third-order valence-electron chi connectivity index (χ3n) is 6.16. The number of methoxy groups -OCH3 is 1. The fraction of sp³-hybridized carbons (Fsp3) is 0.423. The highest BCUT2D eigenvalue weighted by molar-refractivity contribution is 5.95. The Morgan fingerprint density at radius 2 is 1.91 bits per heavy atom. The zero-order chi connectivity index (χ0) is 24.9. The molecule has 0 spiro atoms. The second kappa shape index (κ2) is 10.7. The molecule has 2 N–H and O–H groups in total. The van der Waals surface area contributed by atoms with Crippen molar-refractivity contribution in [2.45, 2.75) is 39.0 Å². The molecule has 0 radical (unpaired) electrons. The van der Waals surface area contributed by atoms with E-state index in [0.717, 1.165) is 5.56 Å². The molecule has 1 fully saturated rings. The van der Waals surface area contributed by atoms with Gasteiger partial charge in [-0.2, -0.15) is 0 Å². The minimum Gasteiger partial charge on any atom is -0.493 e. The van der Waals surface area contributed by atoms with Crippen molar-refractivity contribution in [2.24, 2.45) is 5.92 Å². The smallest absolute Gasteiger partial charge is 0.258 e. The van der Waals surface area contributed by atoms with E-state index in [1.165, 1.54) is 7.11 Å². The Labute approximate surface area is 204 Å². The Hall–Kier alpha value is -3.75. The van der Waals surface area contributed by atoms with Crippen LogP contribution in [0.4, 0.5) is 0 Å². The average molecular weight is 482 g/mol. The summed E-state index contributed by atoms with van der Waals surface area (Å²) in [5, 5.41) is 5.86. The molecule has 1 saturated heterocycles. The van der Waals surface area contributed by atoms with Gasteiger partial charge in [0.05, 0.1) is 13.2 Å². The van der Waals surface area contributed by atoms with Crippen LogP contribution in [0.15, 0.2) is 42.5 Å². The molecule has 3 amide bonds. The maximum absolute atomic E-state index is 13.2. The van der Waals surface area contributed by atoms with Crippen molar-refractivity contribution < 1.29 is 28.6 Å². The van der Waals surface area contributed by atoms with Crippen LogP contribution in [0.5, 0.6) is 17.2 Å². The zero-order valence-corrected chi connectivity index (χ0v) is 20.2. The Balaban J connectivity index is 1.65. The summed E-state index contributed by atoms with van der Waals surface area (Å²) in [6.07, 6.45) is 0.267. The number of carbonyl (C=O) groups is 3. The summed E-state index contributed by atoms with van der Waals surface area (Å²) in [6, 6.07) is 11.8. The first kappa shape index (κ1) is 24.4. The van der Waals surface area contributed by atoms with Gasteiger partial charge in [0.25, 0.3) is 11.8 Å². The molecule has 0 saturated carbocycles. The lowest BCUT2D eigenvalue weighted by molar-refractivity contribution is -0.137. The first-order valence-electron chi connectivity index (χ1n) is 11.8. The van der Waals surface area contributed by atoms with Crippen molar-refractivity contribution in [1.82, 2.24) is 15.5 Å². The van der Waals surface area contributed by atoms with Gasteiger partial charge in [0.1, 0.15) is 11.9 Å². The van der Waals surface area contributed by atoms with Crippen LogP contribution in [0.3, 0.4) is 0 Å². The number of fused-ring (bicyclic) bond motifs is 7. The van der Waals surface area contributed by atoms with E-state index in [-0.39, 0.29) is 42.1 Å². The number of carbonyl (C=O) groups excluding carboxylic acids is 3. The van der Waals surface area contributed by atoms with Crippen LogP contribution in [-0.4, -0.2) is 61.6 Å². The number of rotatable bonds is 2. The molecule has 0 unspecified atom stereocenters. The number of likely N-dealkylation sites (tertiary alicyclic amines) is 1. The normalized spacial score (nSPS) is 20.6. The molecule has 3 aliphatic rings. The number of nitrogens with zero attached hydrogens (tertiary/aromatic N) is 1. The van der Waals surface area contributed by atoms with Crippen molar-refractivity contribution in [2.75, 3.05) is 26.8 Å². The van der Waals surface area contributed by atoms with E-state index >= 15 is 0 Å². The highest BCUT2D eigenvalue weighted by Gasteiger charge is 2.35. The largest absolute Gasteiger partial charge is 0.493 e. The molecule has 3 heterocycles. The monoisotopic (exact) mass is 481 g/mol. The maximum atomic E-state index is 13.2. The highest BCUT2D eigenvalue weighted by atomic mass is 16.5. The lowest BCUT2D eigenvalue weighted by Crippen LogP contribution is -2.58. The molecule has 9 nitrogen and oxygen atoms in total. The molecule has 0 aromatic heterocycles. The van der Waals surface area contributed by atoms with Crippen LogP contribution >= 0.6 is 0 Å². The molecule has 0 aliphatic carbocycles. The van der Waals surface area contributed by atoms with Gasteiger partial charge in [-0.25, -0.2) is 0 Å². The van der Waals surface area contributed by atoms with Crippen LogP contribution in [0.25, 0.3) is 0 Å². The summed E-state index contributed by atoms with van der Waals surface area (Å²) in [4.78, 5) is 40.0. The summed E-state index contributed by atoms with van der Waals surface area (Å²) in [5.41, 5.74) is 1.26. The Kier molecular flexibility index (Phi) is 7.43. The summed E-state index contributed by atoms with van der Waals surface area (Å²) >= 11 is 0. The van der Waals surface area contributed by atoms with Crippen molar-refractivity contribution >= 4 is 17.7 Å². The maximum Gasteiger partial charge on any atom is 0.258 e. The molecular formula is C26H31N3O6. The fourth-order valence-corrected chi connectivity index (χ4v) is 4.21. The van der Waals surface area contributed by atoms with Crippen molar-refractivity contribution in [1.29, 1.82) is 0 Å². The standard InChI is InChI=1S/C26H31N3O6/c1-16(2)26(32)29-11-10-21-20(14-29)28-25(31)18-6-9-22(33-3)23(12-18)34-15-24(30)27-13-17-4-7-19(35-21)8-5-17/h4-9,12,16,20-21H,10-11,13-15H2,1-3H3,(H,27,30)(H,28,31)/t20-,21+/m0/s1. The zero-order valence-electron chi connectivity index (χ0n) is 20.2. The molecule has 2 aromatic carbocycles. The van der Waals surface area contributed by atoms with Gasteiger partial charge in [-0.05, 0) is 35.9 Å². The molecule has 4 bridgehead atoms. The predicted molar refractivity (Wildman–Crippen MR) is 128 cm³/mol. The summed E-state index contributed by atoms with van der Waals surface area (Å²) in [7, 11) is 1.49. The molecule has 3 aliphatic heterocycles. The van der Waals surface area contributed by atoms with E-state index in [0.29, 0.717) is 43.1 Å². The highest BCUT2D eigenvalue weighted by Crippen LogP contribution is 2.29. The number of benzene rings is 2. The van der Waals surface area contributed by atoms with Crippen LogP contribution in [-0.2, 0) is 16.1 Å². The first-order chi connectivity index (χ1) is 16.8. The topological polar surface area (TPSA) is 106 Å². The van der Waals surface area contributed by atoms with Crippen molar-refractivity contribution in [3.8, 4) is 17.2 Å². The average Bonchev–Trinajstić information content (AvgIpc) is 2.86. The van der Waals surface area contributed by atoms with Gasteiger partial charge in [0.15, 0.2) is 18.1 Å². The van der Waals surface area contributed by atoms with Crippen LogP contribution < -0.4 is 24.8 Å². The van der Waals surface area contributed by atoms with Crippen molar-refractivity contribution in [3.63, 3.8) is 0 Å². The van der Waals surface area contributed by atoms with Gasteiger partial charge < -0.3 is 29.7 Å². The summed E-state index contributed by atoms with van der Waals surface area (Å²) in [5.74, 6) is 0.636. The second-order valence-electron chi connectivity index (χ2n) is 9.04. The summed E-state index contributed by atoms with van der Waals surface area (Å²) < 4.78 is 17.3. The van der Waals surface area contributed by atoms with Gasteiger partial charge >= 0.3 is 0 Å². The minimum absolute atomic E-state index is 0.0442. The number of hydrogen-bond donors (Lipinski definition) is 2. The number of piperidine rings is 1. The molecule has 9 heteroatoms. The van der Waals surface area contributed by atoms with Gasteiger partial charge in [0, 0.05) is 37.5 Å². The lowest BCUT2D eigenvalue weighted by atomic mass is 9.99. The number of amides is 3. The molecule has 35 heavy (non-hydrogen) atoms. The van der Waals surface area contributed by atoms with Gasteiger partial charge in [-0.15, -0.1) is 0 Å². The van der Waals surface area contributed by atoms with Gasteiger partial charge in [0.2, 0.25) is 5.91 Å². The third-order valence-corrected chi connectivity index (χ3v) is 6.16. The van der Waals surface area contributed by atoms with E-state index in [4.69, 9.17) is 14.2 Å². The summed E-state index contributed by atoms with van der Waals surface area (Å²) in [6.45, 7) is 4.76. The molecule has 2 atom stereocenters. The van der Waals surface area contributed by atoms with E-state index in [2.05, 4.69) is 10.6 Å². The van der Waals surface area contributed by atoms with E-state index in [1.54, 1.807) is 23.1 Å². The van der Waals surface area contributed by atoms with E-state index < -0.39 is 6.04 Å². The fourth-order valence-electron chi connectivity index (χ4n) is 4.21. The number of ether oxygens (including phenoxy) is 3. The van der Waals surface area contributed by atoms with E-state index in [9.17, 15) is 14.4 Å². The van der Waals surface area contributed by atoms with Gasteiger partial charge in [-0.1, -0.05) is 26.0 Å². The molecule has 5 rings (SSSR count). The number of hydrogen-bond acceptors (Lipinski definition) is 6. The Morgan fingerprint density at radius 1 is 1.14 bits per heavy atom. The van der Waals surface area contributed by atoms with Crippen LogP contribution in [0.1, 0.15) is 36.2 Å². The minimum atomic E-state index is -0.413. The van der Waals surface area contributed by atoms with Gasteiger partial charge in [-0.3, -0.25) is 14.4 Å².